The Morgan fingerprint density at radius 3 is 2.44 bits per heavy atom. The summed E-state index contributed by atoms with van der Waals surface area (Å²) in [4.78, 5) is 16.4. The highest BCUT2D eigenvalue weighted by Crippen LogP contribution is 2.35. The van der Waals surface area contributed by atoms with Crippen LogP contribution in [-0.2, 0) is 0 Å². The topological polar surface area (TPSA) is 82.1 Å². The number of fused-ring (bicyclic) bond motifs is 2. The molecule has 2 N–H and O–H groups in total. The second-order valence-corrected chi connectivity index (χ2v) is 6.60. The lowest BCUT2D eigenvalue weighted by molar-refractivity contribution is 0.822. The van der Waals surface area contributed by atoms with E-state index in [4.69, 9.17) is 9.98 Å². The zero-order valence-corrected chi connectivity index (χ0v) is 16.0. The Labute approximate surface area is 158 Å². The zero-order chi connectivity index (χ0) is 19.0. The Hall–Kier alpha value is -3.22. The molecule has 0 fully saturated rings. The summed E-state index contributed by atoms with van der Waals surface area (Å²) in [5, 5.41) is 10.7. The summed E-state index contributed by atoms with van der Waals surface area (Å²) < 4.78 is 0. The van der Waals surface area contributed by atoms with Gasteiger partial charge in [0.15, 0.2) is 5.82 Å². The van der Waals surface area contributed by atoms with Gasteiger partial charge in [-0.3, -0.25) is 5.10 Å². The van der Waals surface area contributed by atoms with Gasteiger partial charge in [0, 0.05) is 24.8 Å². The number of rotatable bonds is 4. The van der Waals surface area contributed by atoms with Crippen molar-refractivity contribution in [3.05, 3.63) is 52.8 Å². The monoisotopic (exact) mass is 361 g/mol. The number of hydrogen-bond acceptors (Lipinski definition) is 6. The number of nitrogens with one attached hydrogen (secondary N) is 2. The minimum atomic E-state index is 0.681. The number of H-pyrrole nitrogens is 1. The maximum atomic E-state index is 4.92. The molecule has 3 aromatic rings. The summed E-state index contributed by atoms with van der Waals surface area (Å²) in [5.41, 5.74) is 5.65. The molecule has 2 aromatic heterocycles. The van der Waals surface area contributed by atoms with Crippen LogP contribution < -0.4 is 10.2 Å². The summed E-state index contributed by atoms with van der Waals surface area (Å²) in [6, 6.07) is 8.33. The number of aryl methyl sites for hydroxylation is 2. The minimum absolute atomic E-state index is 0.681. The van der Waals surface area contributed by atoms with Gasteiger partial charge in [0.1, 0.15) is 11.5 Å². The van der Waals surface area contributed by atoms with E-state index in [1.165, 1.54) is 5.56 Å². The van der Waals surface area contributed by atoms with Gasteiger partial charge in [0.05, 0.1) is 17.0 Å². The van der Waals surface area contributed by atoms with Gasteiger partial charge < -0.3 is 10.2 Å². The van der Waals surface area contributed by atoms with Gasteiger partial charge in [-0.05, 0) is 27.7 Å². The highest BCUT2D eigenvalue weighted by molar-refractivity contribution is 6.17. The smallest absolute Gasteiger partial charge is 0.227 e. The molecule has 4 rings (SSSR count). The van der Waals surface area contributed by atoms with Gasteiger partial charge in [-0.1, -0.05) is 29.8 Å². The van der Waals surface area contributed by atoms with Crippen molar-refractivity contribution in [2.45, 2.75) is 27.7 Å². The van der Waals surface area contributed by atoms with Crippen molar-refractivity contribution in [3.63, 3.8) is 0 Å². The molecule has 7 nitrogen and oxygen atoms in total. The molecule has 0 atom stereocenters. The number of nitrogens with zero attached hydrogens (tertiary/aromatic N) is 5. The SMILES string of the molecule is CCN(CC)c1ncc2c(n1)Nc1n[nH]c(C)c1N=C2c1ccc(C)cc1. The predicted octanol–water partition coefficient (Wildman–Crippen LogP) is 3.89. The third-order valence-corrected chi connectivity index (χ3v) is 4.78. The van der Waals surface area contributed by atoms with Crippen molar-refractivity contribution < 1.29 is 0 Å². The van der Waals surface area contributed by atoms with E-state index >= 15 is 0 Å². The average Bonchev–Trinajstić information content (AvgIpc) is 2.93. The van der Waals surface area contributed by atoms with Crippen LogP contribution in [0.4, 0.5) is 23.3 Å². The second kappa shape index (κ2) is 6.83. The quantitative estimate of drug-likeness (QED) is 0.576. The second-order valence-electron chi connectivity index (χ2n) is 6.60. The van der Waals surface area contributed by atoms with E-state index in [1.54, 1.807) is 0 Å². The number of hydrogen-bond donors (Lipinski definition) is 2. The molecule has 27 heavy (non-hydrogen) atoms. The van der Waals surface area contributed by atoms with Crippen LogP contribution in [-0.4, -0.2) is 39.0 Å². The lowest BCUT2D eigenvalue weighted by atomic mass is 10.0. The lowest BCUT2D eigenvalue weighted by Gasteiger charge is -2.20. The van der Waals surface area contributed by atoms with Crippen molar-refractivity contribution in [1.29, 1.82) is 0 Å². The molecule has 0 radical (unpaired) electrons. The van der Waals surface area contributed by atoms with Gasteiger partial charge in [-0.25, -0.2) is 9.98 Å². The Morgan fingerprint density at radius 1 is 1.00 bits per heavy atom. The first-order valence-corrected chi connectivity index (χ1v) is 9.20. The average molecular weight is 361 g/mol. The minimum Gasteiger partial charge on any atom is -0.341 e. The Bertz CT molecular complexity index is 998. The Kier molecular flexibility index (Phi) is 4.35. The fraction of sp³-hybridized carbons (Fsp3) is 0.300. The van der Waals surface area contributed by atoms with Crippen molar-refractivity contribution in [2.75, 3.05) is 23.3 Å². The van der Waals surface area contributed by atoms with E-state index in [2.05, 4.69) is 70.4 Å². The first kappa shape index (κ1) is 17.2. The molecule has 1 aliphatic heterocycles. The third kappa shape index (κ3) is 3.05. The van der Waals surface area contributed by atoms with Crippen molar-refractivity contribution in [2.24, 2.45) is 4.99 Å². The van der Waals surface area contributed by atoms with Crippen LogP contribution in [0.25, 0.3) is 0 Å². The molecule has 0 spiro atoms. The van der Waals surface area contributed by atoms with Crippen LogP contribution in [0, 0.1) is 13.8 Å². The van der Waals surface area contributed by atoms with E-state index in [0.29, 0.717) is 11.8 Å². The normalized spacial score (nSPS) is 12.5. The maximum absolute atomic E-state index is 4.92. The standard InChI is InChI=1S/C20H23N7/c1-5-27(6-2)20-21-11-15-17(14-9-7-12(3)8-10-14)22-16-13(4)25-26-19(16)23-18(15)24-20/h7-11H,5-6H2,1-4H3,(H2,21,23,24,25,26). The van der Waals surface area contributed by atoms with Crippen LogP contribution in [0.2, 0.25) is 0 Å². The number of aromatic nitrogens is 4. The van der Waals surface area contributed by atoms with E-state index in [-0.39, 0.29) is 0 Å². The highest BCUT2D eigenvalue weighted by Gasteiger charge is 2.23. The molecular formula is C20H23N7. The molecule has 0 saturated carbocycles. The van der Waals surface area contributed by atoms with Crippen LogP contribution >= 0.6 is 0 Å². The van der Waals surface area contributed by atoms with Gasteiger partial charge in [0.2, 0.25) is 5.95 Å². The third-order valence-electron chi connectivity index (χ3n) is 4.78. The van der Waals surface area contributed by atoms with Crippen molar-refractivity contribution in [1.82, 2.24) is 20.2 Å². The Morgan fingerprint density at radius 2 is 1.74 bits per heavy atom. The molecule has 138 valence electrons. The molecular weight excluding hydrogens is 338 g/mol. The Balaban J connectivity index is 1.91. The van der Waals surface area contributed by atoms with E-state index < -0.39 is 0 Å². The fourth-order valence-electron chi connectivity index (χ4n) is 3.16. The molecule has 7 heteroatoms. The summed E-state index contributed by atoms with van der Waals surface area (Å²) >= 11 is 0. The largest absolute Gasteiger partial charge is 0.341 e. The first-order chi connectivity index (χ1) is 13.1. The fourth-order valence-corrected chi connectivity index (χ4v) is 3.16. The van der Waals surface area contributed by atoms with Gasteiger partial charge in [-0.15, -0.1) is 0 Å². The summed E-state index contributed by atoms with van der Waals surface area (Å²) in [6.07, 6.45) is 1.85. The molecule has 3 heterocycles. The molecule has 1 aromatic carbocycles. The van der Waals surface area contributed by atoms with Crippen molar-refractivity contribution in [3.8, 4) is 0 Å². The van der Waals surface area contributed by atoms with E-state index in [1.807, 2.05) is 13.1 Å². The maximum Gasteiger partial charge on any atom is 0.227 e. The van der Waals surface area contributed by atoms with Gasteiger partial charge in [0.25, 0.3) is 0 Å². The predicted molar refractivity (Wildman–Crippen MR) is 109 cm³/mol. The summed E-state index contributed by atoms with van der Waals surface area (Å²) in [6.45, 7) is 9.93. The molecule has 1 aliphatic rings. The molecule has 0 saturated heterocycles. The zero-order valence-electron chi connectivity index (χ0n) is 16.0. The van der Waals surface area contributed by atoms with Crippen LogP contribution in [0.1, 0.15) is 36.2 Å². The highest BCUT2D eigenvalue weighted by atomic mass is 15.3. The van der Waals surface area contributed by atoms with Crippen molar-refractivity contribution >= 4 is 29.0 Å². The number of aliphatic imine (C=N–C) groups is 1. The molecule has 0 amide bonds. The van der Waals surface area contributed by atoms with Gasteiger partial charge >= 0.3 is 0 Å². The van der Waals surface area contributed by atoms with E-state index in [9.17, 15) is 0 Å². The van der Waals surface area contributed by atoms with Crippen LogP contribution in [0.3, 0.4) is 0 Å². The number of aromatic amines is 1. The van der Waals surface area contributed by atoms with Gasteiger partial charge in [-0.2, -0.15) is 10.1 Å². The molecule has 0 bridgehead atoms. The summed E-state index contributed by atoms with van der Waals surface area (Å²) in [7, 11) is 0. The molecule has 0 aliphatic carbocycles. The molecule has 0 unspecified atom stereocenters. The van der Waals surface area contributed by atoms with Crippen LogP contribution in [0.5, 0.6) is 0 Å². The van der Waals surface area contributed by atoms with E-state index in [0.717, 1.165) is 47.1 Å². The number of anilines is 3. The van der Waals surface area contributed by atoms with Crippen LogP contribution in [0.15, 0.2) is 35.5 Å². The first-order valence-electron chi connectivity index (χ1n) is 9.20. The lowest BCUT2D eigenvalue weighted by Crippen LogP contribution is -2.25. The number of benzene rings is 1. The summed E-state index contributed by atoms with van der Waals surface area (Å²) in [5.74, 6) is 2.10.